The zero-order valence-corrected chi connectivity index (χ0v) is 18.0. The summed E-state index contributed by atoms with van der Waals surface area (Å²) in [5, 5.41) is 11.3. The van der Waals surface area contributed by atoms with Crippen LogP contribution < -0.4 is 17.0 Å². The van der Waals surface area contributed by atoms with E-state index in [4.69, 9.17) is 4.74 Å². The molecule has 0 radical (unpaired) electrons. The first-order valence-corrected chi connectivity index (χ1v) is 9.38. The second kappa shape index (κ2) is 10.6. The molecule has 4 nitrogen and oxygen atoms in total. The van der Waals surface area contributed by atoms with Crippen LogP contribution in [0, 0.1) is 0 Å². The molecule has 0 aliphatic rings. The van der Waals surface area contributed by atoms with E-state index in [-0.39, 0.29) is 23.6 Å². The summed E-state index contributed by atoms with van der Waals surface area (Å²) in [7, 11) is 0. The van der Waals surface area contributed by atoms with E-state index in [9.17, 15) is 9.90 Å². The molecule has 0 unspecified atom stereocenters. The fraction of sp³-hybridized carbons (Fsp3) is 0.409. The van der Waals surface area contributed by atoms with Gasteiger partial charge in [0.1, 0.15) is 13.2 Å². The number of rotatable bonds is 9. The van der Waals surface area contributed by atoms with E-state index < -0.39 is 11.6 Å². The summed E-state index contributed by atoms with van der Waals surface area (Å²) in [6.07, 6.45) is 0. The van der Waals surface area contributed by atoms with Crippen molar-refractivity contribution in [2.45, 2.75) is 26.4 Å². The molecule has 0 aliphatic carbocycles. The van der Waals surface area contributed by atoms with Gasteiger partial charge in [-0.15, -0.1) is 0 Å². The number of quaternary nitrogens is 1. The zero-order chi connectivity index (χ0) is 19.0. The van der Waals surface area contributed by atoms with Gasteiger partial charge in [0.15, 0.2) is 0 Å². The lowest BCUT2D eigenvalue weighted by Gasteiger charge is -2.36. The molecule has 1 N–H and O–H groups in total. The first-order chi connectivity index (χ1) is 12.5. The number of ether oxygens (including phenoxy) is 1. The summed E-state index contributed by atoms with van der Waals surface area (Å²) in [6, 6.07) is 17.9. The number of benzene rings is 2. The number of nitrogens with zero attached hydrogens (tertiary/aromatic N) is 1. The average molecular weight is 436 g/mol. The van der Waals surface area contributed by atoms with Gasteiger partial charge in [0.2, 0.25) is 5.60 Å². The molecule has 2 aromatic carbocycles. The van der Waals surface area contributed by atoms with E-state index in [2.05, 4.69) is 20.8 Å². The van der Waals surface area contributed by atoms with Gasteiger partial charge in [-0.3, -0.25) is 0 Å². The van der Waals surface area contributed by atoms with E-state index in [1.807, 2.05) is 36.4 Å². The second-order valence-electron chi connectivity index (χ2n) is 6.59. The van der Waals surface area contributed by atoms with Gasteiger partial charge >= 0.3 is 5.97 Å². The van der Waals surface area contributed by atoms with Crippen LogP contribution in [0.1, 0.15) is 31.9 Å². The third-order valence-corrected chi connectivity index (χ3v) is 5.49. The lowest BCUT2D eigenvalue weighted by Crippen LogP contribution is -3.00. The van der Waals surface area contributed by atoms with E-state index in [1.165, 1.54) is 0 Å². The summed E-state index contributed by atoms with van der Waals surface area (Å²) >= 11 is 0. The van der Waals surface area contributed by atoms with Crippen LogP contribution in [-0.2, 0) is 15.1 Å². The van der Waals surface area contributed by atoms with Gasteiger partial charge in [0, 0.05) is 0 Å². The van der Waals surface area contributed by atoms with Crippen molar-refractivity contribution in [1.29, 1.82) is 0 Å². The molecular weight excluding hydrogens is 406 g/mol. The van der Waals surface area contributed by atoms with Gasteiger partial charge in [-0.1, -0.05) is 60.7 Å². The first-order valence-electron chi connectivity index (χ1n) is 9.38. The fourth-order valence-electron chi connectivity index (χ4n) is 3.34. The molecule has 148 valence electrons. The third-order valence-electron chi connectivity index (χ3n) is 5.49. The van der Waals surface area contributed by atoms with Gasteiger partial charge in [0.25, 0.3) is 0 Å². The number of aliphatic hydroxyl groups is 1. The molecule has 0 bridgehead atoms. The second-order valence-corrected chi connectivity index (χ2v) is 6.59. The van der Waals surface area contributed by atoms with E-state index in [1.54, 1.807) is 24.3 Å². The summed E-state index contributed by atoms with van der Waals surface area (Å²) in [6.45, 7) is 10.5. The number of hydrogen-bond acceptors (Lipinski definition) is 3. The standard InChI is InChI=1S/C22H30NO3.BrH/c1-4-23(5-2,6-3)17-18-26-21(24)22(25,19-13-9-7-10-14-19)20-15-11-8-12-16-20;/h7-16,25H,4-6,17-18H2,1-3H3;1H/q+1;/p-1. The van der Waals surface area contributed by atoms with Crippen LogP contribution in [0.3, 0.4) is 0 Å². The number of halogens is 1. The molecule has 0 fully saturated rings. The molecule has 2 rings (SSSR count). The Labute approximate surface area is 173 Å². The van der Waals surface area contributed by atoms with E-state index in [0.29, 0.717) is 11.1 Å². The highest BCUT2D eigenvalue weighted by Crippen LogP contribution is 2.31. The van der Waals surface area contributed by atoms with Gasteiger partial charge in [-0.2, -0.15) is 0 Å². The molecule has 0 aromatic heterocycles. The predicted octanol–water partition coefficient (Wildman–Crippen LogP) is 0.346. The van der Waals surface area contributed by atoms with Crippen LogP contribution in [0.25, 0.3) is 0 Å². The Kier molecular flexibility index (Phi) is 9.16. The highest BCUT2D eigenvalue weighted by Gasteiger charge is 2.41. The van der Waals surface area contributed by atoms with Crippen molar-refractivity contribution in [3.05, 3.63) is 71.8 Å². The topological polar surface area (TPSA) is 46.5 Å². The van der Waals surface area contributed by atoms with Gasteiger partial charge in [-0.05, 0) is 31.9 Å². The lowest BCUT2D eigenvalue weighted by atomic mass is 9.86. The lowest BCUT2D eigenvalue weighted by molar-refractivity contribution is -0.923. The Balaban J connectivity index is 0.00000364. The average Bonchev–Trinajstić information content (AvgIpc) is 2.72. The molecule has 0 saturated carbocycles. The van der Waals surface area contributed by atoms with Crippen molar-refractivity contribution in [3.8, 4) is 0 Å². The Hall–Kier alpha value is -1.69. The molecule has 2 aromatic rings. The zero-order valence-electron chi connectivity index (χ0n) is 16.4. The fourth-order valence-corrected chi connectivity index (χ4v) is 3.34. The SMILES string of the molecule is CC[N+](CC)(CC)CCOC(=O)C(O)(c1ccccc1)c1ccccc1.[Br-]. The summed E-state index contributed by atoms with van der Waals surface area (Å²) in [5.41, 5.74) is -0.778. The van der Waals surface area contributed by atoms with Crippen molar-refractivity contribution >= 4 is 5.97 Å². The predicted molar refractivity (Wildman–Crippen MR) is 104 cm³/mol. The maximum Gasteiger partial charge on any atom is 0.347 e. The molecule has 0 atom stereocenters. The van der Waals surface area contributed by atoms with Crippen LogP contribution >= 0.6 is 0 Å². The highest BCUT2D eigenvalue weighted by molar-refractivity contribution is 5.85. The maximum atomic E-state index is 12.9. The van der Waals surface area contributed by atoms with Gasteiger partial charge in [0.05, 0.1) is 19.6 Å². The smallest absolute Gasteiger partial charge is 0.347 e. The van der Waals surface area contributed by atoms with Crippen LogP contribution in [0.4, 0.5) is 0 Å². The quantitative estimate of drug-likeness (QED) is 0.456. The minimum absolute atomic E-state index is 0. The minimum atomic E-state index is -1.80. The molecule has 5 heteroatoms. The molecule has 0 heterocycles. The third kappa shape index (κ3) is 5.18. The van der Waals surface area contributed by atoms with Crippen molar-refractivity contribution in [2.75, 3.05) is 32.8 Å². The Morgan fingerprint density at radius 3 is 1.67 bits per heavy atom. The van der Waals surface area contributed by atoms with Gasteiger partial charge in [-0.25, -0.2) is 4.79 Å². The molecule has 27 heavy (non-hydrogen) atoms. The number of esters is 1. The van der Waals surface area contributed by atoms with Crippen molar-refractivity contribution in [1.82, 2.24) is 0 Å². The minimum Gasteiger partial charge on any atom is -1.00 e. The number of hydrogen-bond donors (Lipinski definition) is 1. The highest BCUT2D eigenvalue weighted by atomic mass is 79.9. The van der Waals surface area contributed by atoms with E-state index in [0.717, 1.165) is 30.7 Å². The van der Waals surface area contributed by atoms with Crippen LogP contribution in [0.15, 0.2) is 60.7 Å². The van der Waals surface area contributed by atoms with Crippen LogP contribution in [-0.4, -0.2) is 48.3 Å². The summed E-state index contributed by atoms with van der Waals surface area (Å²) in [5.74, 6) is -0.628. The summed E-state index contributed by atoms with van der Waals surface area (Å²) < 4.78 is 6.46. The summed E-state index contributed by atoms with van der Waals surface area (Å²) in [4.78, 5) is 12.9. The molecule has 0 amide bonds. The monoisotopic (exact) mass is 435 g/mol. The molecule has 0 spiro atoms. The number of carbonyl (C=O) groups excluding carboxylic acids is 1. The Morgan fingerprint density at radius 1 is 0.889 bits per heavy atom. The van der Waals surface area contributed by atoms with E-state index >= 15 is 0 Å². The van der Waals surface area contributed by atoms with Crippen molar-refractivity contribution < 1.29 is 36.1 Å². The maximum absolute atomic E-state index is 12.9. The van der Waals surface area contributed by atoms with Gasteiger partial charge < -0.3 is 31.3 Å². The largest absolute Gasteiger partial charge is 1.00 e. The number of carbonyl (C=O) groups is 1. The molecule has 0 saturated heterocycles. The van der Waals surface area contributed by atoms with Crippen LogP contribution in [0.5, 0.6) is 0 Å². The van der Waals surface area contributed by atoms with Crippen molar-refractivity contribution in [3.63, 3.8) is 0 Å². The molecular formula is C22H30BrNO3. The first kappa shape index (κ1) is 23.3. The Morgan fingerprint density at radius 2 is 1.30 bits per heavy atom. The Bertz CT molecular complexity index is 639. The molecule has 0 aliphatic heterocycles. The van der Waals surface area contributed by atoms with Crippen LogP contribution in [0.2, 0.25) is 0 Å². The number of likely N-dealkylation sites (N-methyl/N-ethyl adjacent to an activating group) is 1. The van der Waals surface area contributed by atoms with Crippen molar-refractivity contribution in [2.24, 2.45) is 0 Å². The normalized spacial score (nSPS) is 11.6.